The molecule has 5 aromatic rings. The van der Waals surface area contributed by atoms with Crippen molar-refractivity contribution in [3.05, 3.63) is 101 Å². The number of carboxylic acids is 1. The summed E-state index contributed by atoms with van der Waals surface area (Å²) in [6, 6.07) is 18.2. The maximum Gasteiger partial charge on any atom is 0.335 e. The Hall–Kier alpha value is -6.81. The van der Waals surface area contributed by atoms with Gasteiger partial charge in [-0.15, -0.1) is 0 Å². The van der Waals surface area contributed by atoms with Crippen LogP contribution in [-0.4, -0.2) is 144 Å². The maximum atomic E-state index is 13.3. The molecule has 0 radical (unpaired) electrons. The Morgan fingerprint density at radius 2 is 1.56 bits per heavy atom. The summed E-state index contributed by atoms with van der Waals surface area (Å²) >= 11 is 0. The van der Waals surface area contributed by atoms with Gasteiger partial charge in [-0.3, -0.25) is 24.1 Å². The number of aromatic nitrogens is 3. The summed E-state index contributed by atoms with van der Waals surface area (Å²) in [4.78, 5) is 71.5. The minimum atomic E-state index is -1.71. The normalized spacial score (nSPS) is 19.5. The number of hydrogen-bond acceptors (Lipinski definition) is 14. The second kappa shape index (κ2) is 21.0. The summed E-state index contributed by atoms with van der Waals surface area (Å²) in [6.45, 7) is 2.86. The fourth-order valence-electron chi connectivity index (χ4n) is 8.41. The molecule has 2 aliphatic rings. The molecule has 9 N–H and O–H groups in total. The quantitative estimate of drug-likeness (QED) is 0.0409. The number of nitrogens with two attached hydrogens (primary N) is 1. The number of pyridine rings is 1. The smallest absolute Gasteiger partial charge is 0.335 e. The van der Waals surface area contributed by atoms with Gasteiger partial charge in [0.15, 0.2) is 5.82 Å². The van der Waals surface area contributed by atoms with Gasteiger partial charge in [-0.05, 0) is 48.4 Å². The number of rotatable bonds is 20. The van der Waals surface area contributed by atoms with Crippen molar-refractivity contribution >= 4 is 63.0 Å². The number of anilines is 2. The van der Waals surface area contributed by atoms with Crippen LogP contribution >= 0.6 is 0 Å². The third-order valence-corrected chi connectivity index (χ3v) is 11.9. The number of imidazole rings is 1. The van der Waals surface area contributed by atoms with Crippen molar-refractivity contribution in [2.45, 2.75) is 89.4 Å². The Labute approximate surface area is 391 Å². The van der Waals surface area contributed by atoms with Crippen LogP contribution in [0.1, 0.15) is 65.5 Å². The first-order chi connectivity index (χ1) is 32.4. The molecule has 1 fully saturated rings. The number of nitrogens with one attached hydrogen (secondary N) is 2. The number of carbonyl (C=O) groups excluding carboxylic acids is 4. The first-order valence-electron chi connectivity index (χ1n) is 22.4. The number of hydrogen-bond donors (Lipinski definition) is 8. The number of carboxylic acid groups (broad SMARTS) is 1. The molecule has 0 spiro atoms. The zero-order valence-electron chi connectivity index (χ0n) is 38.0. The van der Waals surface area contributed by atoms with E-state index in [2.05, 4.69) is 65.5 Å². The van der Waals surface area contributed by atoms with Crippen molar-refractivity contribution in [2.75, 3.05) is 44.8 Å². The van der Waals surface area contributed by atoms with Crippen LogP contribution in [0, 0.1) is 0 Å². The molecule has 20 nitrogen and oxygen atoms in total. The van der Waals surface area contributed by atoms with Gasteiger partial charge in [0.05, 0.1) is 43.0 Å². The highest BCUT2D eigenvalue weighted by Crippen LogP contribution is 2.33. The number of ether oxygens (including phenoxy) is 2. The van der Waals surface area contributed by atoms with E-state index in [1.54, 1.807) is 30.3 Å². The van der Waals surface area contributed by atoms with Gasteiger partial charge < -0.3 is 60.4 Å². The van der Waals surface area contributed by atoms with Gasteiger partial charge in [0.1, 0.15) is 54.6 Å². The number of unbranched alkanes of at least 4 members (excludes halogenated alkanes) is 1. The number of benzene rings is 3. The molecule has 2 aromatic heterocycles. The molecule has 20 heteroatoms. The third-order valence-electron chi connectivity index (χ3n) is 11.9. The molecule has 0 saturated carbocycles. The van der Waals surface area contributed by atoms with Crippen molar-refractivity contribution in [1.82, 2.24) is 24.8 Å². The van der Waals surface area contributed by atoms with Gasteiger partial charge in [0.25, 0.3) is 11.8 Å². The molecule has 3 aromatic carbocycles. The zero-order valence-corrected chi connectivity index (χ0v) is 38.0. The lowest BCUT2D eigenvalue weighted by atomic mass is 9.99. The van der Waals surface area contributed by atoms with Crippen molar-refractivity contribution in [2.24, 2.45) is 0 Å². The standard InChI is InChI=1S/C48H56N8O12/c1-4-5-6-36-53-41-42(31-13-12-30(47(65)66)22-32(31)52-46(41)49)55(36)23-27-7-9-28(10-8-27)24-56(2,3)25-29-11-14-34(67-48-45(64)44(63)43(62)35(26-57)68-48)33(21-29)51-38(59)17-19-50-37(58)18-20-54-39(60)15-16-40(54)61/h7-16,21-22,35,43-45,48,57,62-64H,4-6,17-20,23-26H2,1-3H3,(H4-,49,50,51,52,58,59,65,66)/p+1/t35-,43-,44+,45+,48+/m1/s1. The Balaban J connectivity index is 1.05. The molecule has 0 bridgehead atoms. The molecular weight excluding hydrogens is 881 g/mol. The van der Waals surface area contributed by atoms with E-state index in [0.29, 0.717) is 35.2 Å². The summed E-state index contributed by atoms with van der Waals surface area (Å²) in [5.74, 6) is -1.88. The first kappa shape index (κ1) is 49.1. The van der Waals surface area contributed by atoms with E-state index in [-0.39, 0.29) is 48.7 Å². The minimum Gasteiger partial charge on any atom is -0.478 e. The molecule has 0 aliphatic carbocycles. The second-order valence-corrected chi connectivity index (χ2v) is 17.7. The van der Waals surface area contributed by atoms with Crippen LogP contribution in [0.4, 0.5) is 11.5 Å². The second-order valence-electron chi connectivity index (χ2n) is 17.7. The number of aliphatic hydroxyl groups excluding tert-OH is 4. The minimum absolute atomic E-state index is 0.0606. The van der Waals surface area contributed by atoms with Crippen molar-refractivity contribution in [3.63, 3.8) is 0 Å². The van der Waals surface area contributed by atoms with Crippen molar-refractivity contribution < 1.29 is 63.5 Å². The Morgan fingerprint density at radius 3 is 2.25 bits per heavy atom. The first-order valence-corrected chi connectivity index (χ1v) is 22.4. The van der Waals surface area contributed by atoms with E-state index in [9.17, 15) is 49.5 Å². The highest BCUT2D eigenvalue weighted by atomic mass is 16.7. The van der Waals surface area contributed by atoms with E-state index in [1.165, 1.54) is 6.07 Å². The largest absolute Gasteiger partial charge is 0.478 e. The monoisotopic (exact) mass is 937 g/mol. The highest BCUT2D eigenvalue weighted by molar-refractivity contribution is 6.13. The topological polar surface area (TPSA) is 289 Å². The van der Waals surface area contributed by atoms with Crippen LogP contribution in [0.5, 0.6) is 5.75 Å². The molecular formula is C48H57N8O12+. The molecule has 7 rings (SSSR count). The fourth-order valence-corrected chi connectivity index (χ4v) is 8.41. The van der Waals surface area contributed by atoms with Gasteiger partial charge >= 0.3 is 5.97 Å². The van der Waals surface area contributed by atoms with Crippen LogP contribution in [0.3, 0.4) is 0 Å². The van der Waals surface area contributed by atoms with E-state index >= 15 is 0 Å². The number of imide groups is 1. The summed E-state index contributed by atoms with van der Waals surface area (Å²) < 4.78 is 14.1. The lowest BCUT2D eigenvalue weighted by Crippen LogP contribution is -2.60. The van der Waals surface area contributed by atoms with E-state index in [1.807, 2.05) is 0 Å². The average Bonchev–Trinajstić information content (AvgIpc) is 3.83. The molecule has 360 valence electrons. The fraction of sp³-hybridized carbons (Fsp3) is 0.396. The number of carbonyl (C=O) groups is 5. The summed E-state index contributed by atoms with van der Waals surface area (Å²) in [5.41, 5.74) is 11.4. The number of nitrogen functional groups attached to an aromatic ring is 1. The van der Waals surface area contributed by atoms with Crippen LogP contribution in [0.25, 0.3) is 21.9 Å². The SMILES string of the molecule is CCCCc1nc2c(N)nc3cc(C(=O)O)ccc3c2n1Cc1ccc(C[N+](C)(C)Cc2ccc(O[C@H]3O[C@H](CO)[C@@H](O)[C@H](O)[C@@H]3O)c(NC(=O)CCNC(=O)CCN3C(=O)C=CC3=O)c2)cc1. The Morgan fingerprint density at radius 1 is 0.868 bits per heavy atom. The average molecular weight is 938 g/mol. The Kier molecular flexibility index (Phi) is 15.2. The highest BCUT2D eigenvalue weighted by Gasteiger charge is 2.45. The number of aromatic carboxylic acids is 1. The van der Waals surface area contributed by atoms with Gasteiger partial charge in [-0.25, -0.2) is 14.8 Å². The van der Waals surface area contributed by atoms with Crippen LogP contribution in [0.15, 0.2) is 72.8 Å². The van der Waals surface area contributed by atoms with Gasteiger partial charge in [-0.2, -0.15) is 0 Å². The maximum absolute atomic E-state index is 13.3. The van der Waals surface area contributed by atoms with E-state index in [4.69, 9.17) is 20.2 Å². The van der Waals surface area contributed by atoms with E-state index < -0.39 is 66.9 Å². The van der Waals surface area contributed by atoms with Gasteiger partial charge in [-0.1, -0.05) is 37.6 Å². The molecule has 1 saturated heterocycles. The summed E-state index contributed by atoms with van der Waals surface area (Å²) in [6.07, 6.45) is -3.21. The zero-order chi connectivity index (χ0) is 48.9. The van der Waals surface area contributed by atoms with Gasteiger partial charge in [0.2, 0.25) is 18.1 Å². The molecule has 68 heavy (non-hydrogen) atoms. The van der Waals surface area contributed by atoms with Crippen LogP contribution in [-0.2, 0) is 50.0 Å². The molecule has 5 atom stereocenters. The molecule has 4 amide bonds. The number of aryl methyl sites for hydroxylation is 1. The predicted octanol–water partition coefficient (Wildman–Crippen LogP) is 1.97. The third kappa shape index (κ3) is 11.3. The van der Waals surface area contributed by atoms with Crippen molar-refractivity contribution in [1.29, 1.82) is 0 Å². The number of quaternary nitrogens is 1. The molecule has 0 unspecified atom stereocenters. The number of aliphatic hydroxyl groups is 4. The van der Waals surface area contributed by atoms with Gasteiger partial charge in [0, 0.05) is 67.6 Å². The number of fused-ring (bicyclic) bond motifs is 3. The number of amides is 4. The van der Waals surface area contributed by atoms with Crippen molar-refractivity contribution in [3.8, 4) is 5.75 Å². The lowest BCUT2D eigenvalue weighted by molar-refractivity contribution is -0.916. The van der Waals surface area contributed by atoms with Crippen LogP contribution < -0.4 is 21.1 Å². The summed E-state index contributed by atoms with van der Waals surface area (Å²) in [7, 11) is 4.10. The van der Waals surface area contributed by atoms with E-state index in [0.717, 1.165) is 69.7 Å². The predicted molar refractivity (Wildman–Crippen MR) is 248 cm³/mol. The lowest BCUT2D eigenvalue weighted by Gasteiger charge is -2.39. The molecule has 4 heterocycles. The Bertz CT molecular complexity index is 2720. The number of nitrogens with zero attached hydrogens (tertiary/aromatic N) is 5. The summed E-state index contributed by atoms with van der Waals surface area (Å²) in [5, 5.41) is 56.9. The molecule has 2 aliphatic heterocycles. The van der Waals surface area contributed by atoms with Crippen LogP contribution in [0.2, 0.25) is 0 Å².